The van der Waals surface area contributed by atoms with E-state index in [-0.39, 0.29) is 0 Å². The Bertz CT molecular complexity index is 346. The smallest absolute Gasteiger partial charge is 0.0170 e. The Morgan fingerprint density at radius 2 is 1.82 bits per heavy atom. The Morgan fingerprint density at radius 1 is 1.18 bits per heavy atom. The number of hydrogen-bond donors (Lipinski definition) is 1. The van der Waals surface area contributed by atoms with Gasteiger partial charge in [0, 0.05) is 6.54 Å². The Kier molecular flexibility index (Phi) is 5.99. The van der Waals surface area contributed by atoms with Gasteiger partial charge in [-0.3, -0.25) is 0 Å². The van der Waals surface area contributed by atoms with E-state index in [1.165, 1.54) is 16.7 Å². The Labute approximate surface area is 106 Å². The molecule has 0 bridgehead atoms. The van der Waals surface area contributed by atoms with Crippen LogP contribution in [-0.2, 0) is 6.42 Å². The summed E-state index contributed by atoms with van der Waals surface area (Å²) in [6, 6.07) is 8.87. The zero-order chi connectivity index (χ0) is 12.7. The molecule has 0 saturated carbocycles. The summed E-state index contributed by atoms with van der Waals surface area (Å²) in [5.74, 6) is 0.597. The van der Waals surface area contributed by atoms with Crippen LogP contribution in [0.2, 0.25) is 0 Å². The molecule has 1 rings (SSSR count). The van der Waals surface area contributed by atoms with E-state index in [0.29, 0.717) is 5.92 Å². The summed E-state index contributed by atoms with van der Waals surface area (Å²) in [5.41, 5.74) is 4.18. The van der Waals surface area contributed by atoms with Crippen molar-refractivity contribution in [2.45, 2.75) is 34.1 Å². The fraction of sp³-hybridized carbons (Fsp3) is 0.500. The van der Waals surface area contributed by atoms with Gasteiger partial charge < -0.3 is 5.32 Å². The van der Waals surface area contributed by atoms with Crippen molar-refractivity contribution in [3.63, 3.8) is 0 Å². The van der Waals surface area contributed by atoms with Crippen LogP contribution in [0.5, 0.6) is 0 Å². The summed E-state index contributed by atoms with van der Waals surface area (Å²) in [7, 11) is 0. The first kappa shape index (κ1) is 14.0. The van der Waals surface area contributed by atoms with Crippen LogP contribution in [-0.4, -0.2) is 13.1 Å². The lowest BCUT2D eigenvalue weighted by molar-refractivity contribution is 0.682. The van der Waals surface area contributed by atoms with Crippen LogP contribution in [0.3, 0.4) is 0 Å². The van der Waals surface area contributed by atoms with E-state index >= 15 is 0 Å². The molecule has 0 radical (unpaired) electrons. The maximum atomic E-state index is 3.40. The zero-order valence-electron chi connectivity index (χ0n) is 11.6. The minimum Gasteiger partial charge on any atom is -0.313 e. The molecule has 0 aliphatic rings. The van der Waals surface area contributed by atoms with Crippen LogP contribution < -0.4 is 5.32 Å². The molecule has 1 heteroatoms. The monoisotopic (exact) mass is 231 g/mol. The molecule has 0 saturated heterocycles. The van der Waals surface area contributed by atoms with E-state index in [4.69, 9.17) is 0 Å². The molecule has 0 heterocycles. The minimum atomic E-state index is 0.597. The molecule has 1 nitrogen and oxygen atoms in total. The van der Waals surface area contributed by atoms with Gasteiger partial charge in [0.15, 0.2) is 0 Å². The third kappa shape index (κ3) is 4.74. The lowest BCUT2D eigenvalue weighted by Gasteiger charge is -2.12. The van der Waals surface area contributed by atoms with Crippen molar-refractivity contribution in [2.24, 2.45) is 5.92 Å². The van der Waals surface area contributed by atoms with Crippen molar-refractivity contribution < 1.29 is 0 Å². The third-order valence-electron chi connectivity index (χ3n) is 3.06. The largest absolute Gasteiger partial charge is 0.313 e. The Hall–Kier alpha value is -1.08. The number of aryl methyl sites for hydroxylation is 1. The maximum Gasteiger partial charge on any atom is 0.0170 e. The first-order valence-corrected chi connectivity index (χ1v) is 6.67. The molecule has 0 aliphatic carbocycles. The summed E-state index contributed by atoms with van der Waals surface area (Å²) >= 11 is 0. The van der Waals surface area contributed by atoms with Gasteiger partial charge in [-0.25, -0.2) is 0 Å². The van der Waals surface area contributed by atoms with Gasteiger partial charge in [-0.05, 0) is 30.0 Å². The lowest BCUT2D eigenvalue weighted by Crippen LogP contribution is -2.18. The van der Waals surface area contributed by atoms with Gasteiger partial charge in [0.25, 0.3) is 0 Å². The van der Waals surface area contributed by atoms with Gasteiger partial charge in [-0.1, -0.05) is 63.6 Å². The molecule has 0 unspecified atom stereocenters. The SMILES string of the molecule is CCNCC(=Cc1ccc(CC)cc1)C(C)C. The molecular weight excluding hydrogens is 206 g/mol. The number of rotatable bonds is 6. The second-order valence-corrected chi connectivity index (χ2v) is 4.75. The van der Waals surface area contributed by atoms with Crippen molar-refractivity contribution in [2.75, 3.05) is 13.1 Å². The normalized spacial score (nSPS) is 12.2. The van der Waals surface area contributed by atoms with Crippen LogP contribution in [0, 0.1) is 5.92 Å². The van der Waals surface area contributed by atoms with Crippen molar-refractivity contribution in [3.8, 4) is 0 Å². The van der Waals surface area contributed by atoms with Crippen molar-refractivity contribution in [3.05, 3.63) is 41.0 Å². The van der Waals surface area contributed by atoms with E-state index in [9.17, 15) is 0 Å². The van der Waals surface area contributed by atoms with Gasteiger partial charge >= 0.3 is 0 Å². The van der Waals surface area contributed by atoms with Gasteiger partial charge in [-0.2, -0.15) is 0 Å². The molecular formula is C16H25N. The minimum absolute atomic E-state index is 0.597. The van der Waals surface area contributed by atoms with Crippen LogP contribution in [0.15, 0.2) is 29.8 Å². The first-order chi connectivity index (χ1) is 8.17. The predicted octanol–water partition coefficient (Wildman–Crippen LogP) is 3.90. The summed E-state index contributed by atoms with van der Waals surface area (Å²) in [6.45, 7) is 10.9. The highest BCUT2D eigenvalue weighted by atomic mass is 14.8. The van der Waals surface area contributed by atoms with E-state index in [1.54, 1.807) is 0 Å². The molecule has 94 valence electrons. The topological polar surface area (TPSA) is 12.0 Å². The van der Waals surface area contributed by atoms with E-state index < -0.39 is 0 Å². The van der Waals surface area contributed by atoms with Gasteiger partial charge in [-0.15, -0.1) is 0 Å². The lowest BCUT2D eigenvalue weighted by atomic mass is 9.99. The van der Waals surface area contributed by atoms with Gasteiger partial charge in [0.05, 0.1) is 0 Å². The standard InChI is InChI=1S/C16H25N/c1-5-14-7-9-15(10-8-14)11-16(13(3)4)12-17-6-2/h7-11,13,17H,5-6,12H2,1-4H3. The Morgan fingerprint density at radius 3 is 2.29 bits per heavy atom. The van der Waals surface area contributed by atoms with Crippen molar-refractivity contribution >= 4 is 6.08 Å². The summed E-state index contributed by atoms with van der Waals surface area (Å²) < 4.78 is 0. The number of benzene rings is 1. The molecule has 0 aromatic heterocycles. The quantitative estimate of drug-likeness (QED) is 0.783. The average molecular weight is 231 g/mol. The Balaban J connectivity index is 2.80. The maximum absolute atomic E-state index is 3.40. The van der Waals surface area contributed by atoms with Crippen LogP contribution in [0.25, 0.3) is 6.08 Å². The molecule has 0 atom stereocenters. The van der Waals surface area contributed by atoms with Gasteiger partial charge in [0.1, 0.15) is 0 Å². The summed E-state index contributed by atoms with van der Waals surface area (Å²) in [4.78, 5) is 0. The molecule has 1 aromatic rings. The van der Waals surface area contributed by atoms with Crippen LogP contribution >= 0.6 is 0 Å². The van der Waals surface area contributed by atoms with Crippen LogP contribution in [0.1, 0.15) is 38.8 Å². The fourth-order valence-corrected chi connectivity index (χ4v) is 1.75. The van der Waals surface area contributed by atoms with E-state index in [1.807, 2.05) is 0 Å². The van der Waals surface area contributed by atoms with Crippen molar-refractivity contribution in [1.82, 2.24) is 5.32 Å². The van der Waals surface area contributed by atoms with Crippen LogP contribution in [0.4, 0.5) is 0 Å². The second kappa shape index (κ2) is 7.29. The predicted molar refractivity (Wildman–Crippen MR) is 77.2 cm³/mol. The highest BCUT2D eigenvalue weighted by Crippen LogP contribution is 2.15. The molecule has 1 aromatic carbocycles. The summed E-state index contributed by atoms with van der Waals surface area (Å²) in [5, 5.41) is 3.40. The highest BCUT2D eigenvalue weighted by Gasteiger charge is 2.02. The van der Waals surface area contributed by atoms with E-state index in [2.05, 4.69) is 63.4 Å². The van der Waals surface area contributed by atoms with Gasteiger partial charge in [0.2, 0.25) is 0 Å². The zero-order valence-corrected chi connectivity index (χ0v) is 11.6. The number of nitrogens with one attached hydrogen (secondary N) is 1. The molecule has 1 N–H and O–H groups in total. The number of hydrogen-bond acceptors (Lipinski definition) is 1. The first-order valence-electron chi connectivity index (χ1n) is 6.67. The average Bonchev–Trinajstić information content (AvgIpc) is 2.35. The molecule has 0 fully saturated rings. The van der Waals surface area contributed by atoms with E-state index in [0.717, 1.165) is 19.5 Å². The highest BCUT2D eigenvalue weighted by molar-refractivity contribution is 5.54. The second-order valence-electron chi connectivity index (χ2n) is 4.75. The number of likely N-dealkylation sites (N-methyl/N-ethyl adjacent to an activating group) is 1. The third-order valence-corrected chi connectivity index (χ3v) is 3.06. The molecule has 0 spiro atoms. The van der Waals surface area contributed by atoms with Crippen molar-refractivity contribution in [1.29, 1.82) is 0 Å². The fourth-order valence-electron chi connectivity index (χ4n) is 1.75. The summed E-state index contributed by atoms with van der Waals surface area (Å²) in [6.07, 6.45) is 3.42. The molecule has 17 heavy (non-hydrogen) atoms. The molecule has 0 amide bonds. The molecule has 0 aliphatic heterocycles.